The van der Waals surface area contributed by atoms with Gasteiger partial charge in [0.2, 0.25) is 5.88 Å². The molecule has 1 aliphatic carbocycles. The third-order valence-corrected chi connectivity index (χ3v) is 3.77. The van der Waals surface area contributed by atoms with Crippen LogP contribution >= 0.6 is 0 Å². The van der Waals surface area contributed by atoms with Crippen LogP contribution in [0.3, 0.4) is 0 Å². The highest BCUT2D eigenvalue weighted by atomic mass is 16.5. The van der Waals surface area contributed by atoms with Gasteiger partial charge in [-0.2, -0.15) is 0 Å². The Morgan fingerprint density at radius 3 is 2.71 bits per heavy atom. The second-order valence-electron chi connectivity index (χ2n) is 6.12. The molecule has 0 saturated heterocycles. The minimum absolute atomic E-state index is 0.148. The van der Waals surface area contributed by atoms with E-state index in [1.807, 2.05) is 19.1 Å². The van der Waals surface area contributed by atoms with Gasteiger partial charge in [-0.05, 0) is 37.2 Å². The highest BCUT2D eigenvalue weighted by Gasteiger charge is 2.22. The summed E-state index contributed by atoms with van der Waals surface area (Å²) in [4.78, 5) is 16.0. The monoisotopic (exact) mass is 291 g/mol. The number of carbonyl (C=O) groups is 1. The van der Waals surface area contributed by atoms with Crippen LogP contribution in [0.25, 0.3) is 0 Å². The van der Waals surface area contributed by atoms with E-state index in [-0.39, 0.29) is 12.1 Å². The van der Waals surface area contributed by atoms with Crippen LogP contribution in [0.15, 0.2) is 18.3 Å². The Kier molecular flexibility index (Phi) is 5.42. The van der Waals surface area contributed by atoms with Crippen molar-refractivity contribution >= 4 is 6.03 Å². The van der Waals surface area contributed by atoms with E-state index < -0.39 is 0 Å². The molecule has 1 aromatic rings. The number of aromatic nitrogens is 1. The highest BCUT2D eigenvalue weighted by Crippen LogP contribution is 2.29. The smallest absolute Gasteiger partial charge is 0.315 e. The van der Waals surface area contributed by atoms with Gasteiger partial charge in [-0.25, -0.2) is 9.78 Å². The zero-order chi connectivity index (χ0) is 15.2. The third kappa shape index (κ3) is 5.61. The standard InChI is InChI=1S/C16H25N3O2/c1-11(2)12(3)19-16(20)18-9-14-6-7-15(17-8-14)21-10-13-4-5-13/h6-8,11-13H,4-5,9-10H2,1-3H3,(H2,18,19,20). The van der Waals surface area contributed by atoms with Crippen molar-refractivity contribution in [3.63, 3.8) is 0 Å². The molecular weight excluding hydrogens is 266 g/mol. The topological polar surface area (TPSA) is 63.2 Å². The van der Waals surface area contributed by atoms with E-state index in [2.05, 4.69) is 29.5 Å². The molecule has 116 valence electrons. The van der Waals surface area contributed by atoms with Gasteiger partial charge >= 0.3 is 6.03 Å². The summed E-state index contributed by atoms with van der Waals surface area (Å²) in [6.07, 6.45) is 4.28. The predicted molar refractivity (Wildman–Crippen MR) is 82.1 cm³/mol. The maximum atomic E-state index is 11.7. The van der Waals surface area contributed by atoms with Crippen LogP contribution in [-0.2, 0) is 6.54 Å². The molecule has 1 aromatic heterocycles. The molecule has 1 atom stereocenters. The molecule has 0 spiro atoms. The molecule has 1 unspecified atom stereocenters. The molecule has 1 aliphatic rings. The molecule has 1 fully saturated rings. The van der Waals surface area contributed by atoms with Gasteiger partial charge in [-0.1, -0.05) is 19.9 Å². The quantitative estimate of drug-likeness (QED) is 0.812. The average molecular weight is 291 g/mol. The summed E-state index contributed by atoms with van der Waals surface area (Å²) in [7, 11) is 0. The van der Waals surface area contributed by atoms with E-state index in [0.717, 1.165) is 18.1 Å². The van der Waals surface area contributed by atoms with Gasteiger partial charge in [0.25, 0.3) is 0 Å². The van der Waals surface area contributed by atoms with Crippen molar-refractivity contribution in [1.29, 1.82) is 0 Å². The molecule has 0 radical (unpaired) electrons. The van der Waals surface area contributed by atoms with Crippen LogP contribution in [0.4, 0.5) is 4.79 Å². The van der Waals surface area contributed by atoms with E-state index in [1.54, 1.807) is 6.20 Å². The van der Waals surface area contributed by atoms with Crippen molar-refractivity contribution < 1.29 is 9.53 Å². The van der Waals surface area contributed by atoms with Crippen molar-refractivity contribution in [3.05, 3.63) is 23.9 Å². The van der Waals surface area contributed by atoms with Gasteiger partial charge in [0, 0.05) is 24.8 Å². The molecule has 0 bridgehead atoms. The van der Waals surface area contributed by atoms with E-state index in [9.17, 15) is 4.79 Å². The summed E-state index contributed by atoms with van der Waals surface area (Å²) in [5.74, 6) is 1.80. The number of urea groups is 1. The first-order valence-electron chi connectivity index (χ1n) is 7.66. The van der Waals surface area contributed by atoms with Crippen molar-refractivity contribution in [2.45, 2.75) is 46.2 Å². The van der Waals surface area contributed by atoms with Gasteiger partial charge in [0.05, 0.1) is 6.61 Å². The number of carbonyl (C=O) groups excluding carboxylic acids is 1. The molecule has 21 heavy (non-hydrogen) atoms. The summed E-state index contributed by atoms with van der Waals surface area (Å²) >= 11 is 0. The number of hydrogen-bond donors (Lipinski definition) is 2. The summed E-state index contributed by atoms with van der Waals surface area (Å²) in [5, 5.41) is 5.74. The predicted octanol–water partition coefficient (Wildman–Crippen LogP) is 2.71. The van der Waals surface area contributed by atoms with Gasteiger partial charge in [0.1, 0.15) is 0 Å². The fourth-order valence-corrected chi connectivity index (χ4v) is 1.70. The van der Waals surface area contributed by atoms with Crippen LogP contribution in [0.1, 0.15) is 39.2 Å². The van der Waals surface area contributed by atoms with Gasteiger partial charge < -0.3 is 15.4 Å². The number of amides is 2. The minimum Gasteiger partial charge on any atom is -0.477 e. The Morgan fingerprint density at radius 1 is 1.38 bits per heavy atom. The van der Waals surface area contributed by atoms with Gasteiger partial charge in [-0.15, -0.1) is 0 Å². The molecule has 2 rings (SSSR count). The van der Waals surface area contributed by atoms with Crippen LogP contribution in [-0.4, -0.2) is 23.7 Å². The van der Waals surface area contributed by atoms with Gasteiger partial charge in [0.15, 0.2) is 0 Å². The van der Waals surface area contributed by atoms with E-state index >= 15 is 0 Å². The lowest BCUT2D eigenvalue weighted by molar-refractivity contribution is 0.234. The van der Waals surface area contributed by atoms with Crippen LogP contribution in [0.2, 0.25) is 0 Å². The maximum absolute atomic E-state index is 11.7. The molecular formula is C16H25N3O2. The highest BCUT2D eigenvalue weighted by molar-refractivity contribution is 5.74. The third-order valence-electron chi connectivity index (χ3n) is 3.77. The number of pyridine rings is 1. The first kappa shape index (κ1) is 15.6. The van der Waals surface area contributed by atoms with Crippen molar-refractivity contribution in [3.8, 4) is 5.88 Å². The second kappa shape index (κ2) is 7.29. The van der Waals surface area contributed by atoms with Crippen molar-refractivity contribution in [2.24, 2.45) is 11.8 Å². The molecule has 1 heterocycles. The lowest BCUT2D eigenvalue weighted by atomic mass is 10.1. The fraction of sp³-hybridized carbons (Fsp3) is 0.625. The number of rotatable bonds is 7. The van der Waals surface area contributed by atoms with Crippen LogP contribution < -0.4 is 15.4 Å². The number of nitrogens with zero attached hydrogens (tertiary/aromatic N) is 1. The lowest BCUT2D eigenvalue weighted by Gasteiger charge is -2.17. The Balaban J connectivity index is 1.71. The Morgan fingerprint density at radius 2 is 2.14 bits per heavy atom. The molecule has 2 N–H and O–H groups in total. The molecule has 1 saturated carbocycles. The molecule has 0 aliphatic heterocycles. The largest absolute Gasteiger partial charge is 0.477 e. The Bertz CT molecular complexity index is 455. The summed E-state index contributed by atoms with van der Waals surface area (Å²) < 4.78 is 5.58. The summed E-state index contributed by atoms with van der Waals surface area (Å²) in [6, 6.07) is 3.79. The summed E-state index contributed by atoms with van der Waals surface area (Å²) in [6.45, 7) is 7.38. The zero-order valence-corrected chi connectivity index (χ0v) is 13.1. The van der Waals surface area contributed by atoms with Crippen LogP contribution in [0, 0.1) is 11.8 Å². The molecule has 5 heteroatoms. The number of hydrogen-bond acceptors (Lipinski definition) is 3. The van der Waals surface area contributed by atoms with Gasteiger partial charge in [-0.3, -0.25) is 0 Å². The second-order valence-corrected chi connectivity index (χ2v) is 6.12. The number of ether oxygens (including phenoxy) is 1. The molecule has 0 aromatic carbocycles. The van der Waals surface area contributed by atoms with Crippen LogP contribution in [0.5, 0.6) is 5.88 Å². The summed E-state index contributed by atoms with van der Waals surface area (Å²) in [5.41, 5.74) is 0.959. The van der Waals surface area contributed by atoms with E-state index in [0.29, 0.717) is 18.3 Å². The zero-order valence-electron chi connectivity index (χ0n) is 13.1. The van der Waals surface area contributed by atoms with Crippen molar-refractivity contribution in [2.75, 3.05) is 6.61 Å². The SMILES string of the molecule is CC(C)C(C)NC(=O)NCc1ccc(OCC2CC2)nc1. The first-order chi connectivity index (χ1) is 10.0. The molecule has 5 nitrogen and oxygen atoms in total. The number of nitrogens with one attached hydrogen (secondary N) is 2. The van der Waals surface area contributed by atoms with Crippen molar-refractivity contribution in [1.82, 2.24) is 15.6 Å². The molecule has 2 amide bonds. The normalized spacial score (nSPS) is 15.6. The average Bonchev–Trinajstić information content (AvgIpc) is 3.28. The van der Waals surface area contributed by atoms with E-state index in [4.69, 9.17) is 4.74 Å². The van der Waals surface area contributed by atoms with E-state index in [1.165, 1.54) is 12.8 Å². The Hall–Kier alpha value is -1.78. The maximum Gasteiger partial charge on any atom is 0.315 e. The lowest BCUT2D eigenvalue weighted by Crippen LogP contribution is -2.42. The minimum atomic E-state index is -0.148. The fourth-order valence-electron chi connectivity index (χ4n) is 1.70. The first-order valence-corrected chi connectivity index (χ1v) is 7.66. The Labute approximate surface area is 126 Å².